The number of carbonyl (C=O) groups is 2. The molecular formula is C26H26N2O6. The zero-order valence-electron chi connectivity index (χ0n) is 18.9. The normalized spacial score (nSPS) is 27.9. The maximum atomic E-state index is 13.4. The maximum Gasteiger partial charge on any atom is 0.231 e. The Morgan fingerprint density at radius 3 is 2.76 bits per heavy atom. The van der Waals surface area contributed by atoms with Crippen LogP contribution in [0.25, 0.3) is 0 Å². The molecule has 2 bridgehead atoms. The third kappa shape index (κ3) is 3.40. The zero-order valence-corrected chi connectivity index (χ0v) is 18.9. The van der Waals surface area contributed by atoms with Gasteiger partial charge < -0.3 is 29.2 Å². The summed E-state index contributed by atoms with van der Waals surface area (Å²) >= 11 is 0. The molecule has 4 aliphatic rings. The fourth-order valence-corrected chi connectivity index (χ4v) is 5.51. The van der Waals surface area contributed by atoms with Crippen molar-refractivity contribution in [1.29, 1.82) is 0 Å². The average Bonchev–Trinajstić information content (AvgIpc) is 3.61. The van der Waals surface area contributed by atoms with E-state index in [1.165, 1.54) is 0 Å². The number of likely N-dealkylation sites (tertiary alicyclic amines) is 1. The molecule has 4 atom stereocenters. The van der Waals surface area contributed by atoms with E-state index in [1.807, 2.05) is 54.6 Å². The van der Waals surface area contributed by atoms with Crippen LogP contribution in [0.3, 0.4) is 0 Å². The van der Waals surface area contributed by atoms with Crippen LogP contribution >= 0.6 is 0 Å². The van der Waals surface area contributed by atoms with Crippen LogP contribution in [0.15, 0.2) is 54.6 Å². The Labute approximate surface area is 197 Å². The van der Waals surface area contributed by atoms with Gasteiger partial charge in [-0.15, -0.1) is 0 Å². The van der Waals surface area contributed by atoms with Crippen molar-refractivity contribution in [3.05, 3.63) is 65.7 Å². The molecule has 2 saturated heterocycles. The van der Waals surface area contributed by atoms with Crippen molar-refractivity contribution in [1.82, 2.24) is 10.2 Å². The molecule has 0 aromatic heterocycles. The second-order valence-electron chi connectivity index (χ2n) is 9.17. The number of nitrogens with zero attached hydrogens (tertiary/aromatic N) is 1. The summed E-state index contributed by atoms with van der Waals surface area (Å²) in [4.78, 5) is 28.4. The third-order valence-electron chi connectivity index (χ3n) is 7.16. The topological polar surface area (TPSA) is 86.3 Å². The molecule has 1 N–H and O–H groups in total. The van der Waals surface area contributed by atoms with Gasteiger partial charge in [-0.25, -0.2) is 0 Å². The zero-order chi connectivity index (χ0) is 23.3. The fraction of sp³-hybridized carbons (Fsp3) is 0.385. The van der Waals surface area contributed by atoms with Gasteiger partial charge in [0.1, 0.15) is 11.4 Å². The number of benzene rings is 2. The SMILES string of the molecule is COc1ccc(CCNC(=O)[C@H]2[C@@H]3C=C[C@@]4(CN(Cc5ccc6c(c5)OCO6)C(=O)[C@@H]24)O3)cc1. The van der Waals surface area contributed by atoms with Crippen molar-refractivity contribution in [3.63, 3.8) is 0 Å². The van der Waals surface area contributed by atoms with Gasteiger partial charge in [0.05, 0.1) is 31.6 Å². The lowest BCUT2D eigenvalue weighted by Gasteiger charge is -2.23. The summed E-state index contributed by atoms with van der Waals surface area (Å²) in [6.07, 6.45) is 4.24. The highest BCUT2D eigenvalue weighted by atomic mass is 16.7. The molecule has 2 aromatic carbocycles. The van der Waals surface area contributed by atoms with Gasteiger partial charge in [0.15, 0.2) is 11.5 Å². The van der Waals surface area contributed by atoms with Crippen molar-refractivity contribution in [3.8, 4) is 17.2 Å². The summed E-state index contributed by atoms with van der Waals surface area (Å²) in [5.41, 5.74) is 1.33. The highest BCUT2D eigenvalue weighted by molar-refractivity contribution is 5.93. The first-order chi connectivity index (χ1) is 16.6. The number of amides is 2. The fourth-order valence-electron chi connectivity index (χ4n) is 5.51. The minimum absolute atomic E-state index is 0.0418. The summed E-state index contributed by atoms with van der Waals surface area (Å²) in [6, 6.07) is 13.5. The minimum Gasteiger partial charge on any atom is -0.497 e. The van der Waals surface area contributed by atoms with Crippen LogP contribution in [-0.4, -0.2) is 55.4 Å². The molecule has 8 nitrogen and oxygen atoms in total. The maximum absolute atomic E-state index is 13.4. The van der Waals surface area contributed by atoms with E-state index in [2.05, 4.69) is 5.32 Å². The number of hydrogen-bond acceptors (Lipinski definition) is 6. The van der Waals surface area contributed by atoms with Crippen molar-refractivity contribution in [2.45, 2.75) is 24.7 Å². The van der Waals surface area contributed by atoms with Crippen molar-refractivity contribution >= 4 is 11.8 Å². The Kier molecular flexibility index (Phi) is 4.99. The van der Waals surface area contributed by atoms with Gasteiger partial charge in [0, 0.05) is 13.1 Å². The van der Waals surface area contributed by atoms with Crippen LogP contribution in [0.2, 0.25) is 0 Å². The summed E-state index contributed by atoms with van der Waals surface area (Å²) < 4.78 is 22.2. The van der Waals surface area contributed by atoms with E-state index in [9.17, 15) is 9.59 Å². The molecule has 6 rings (SSSR count). The lowest BCUT2D eigenvalue weighted by molar-refractivity contribution is -0.137. The molecule has 4 aliphatic heterocycles. The number of carbonyl (C=O) groups excluding carboxylic acids is 2. The quantitative estimate of drug-likeness (QED) is 0.634. The van der Waals surface area contributed by atoms with Crippen LogP contribution in [0, 0.1) is 11.8 Å². The molecule has 0 aliphatic carbocycles. The summed E-state index contributed by atoms with van der Waals surface area (Å²) in [5.74, 6) is 1.01. The van der Waals surface area contributed by atoms with Crippen LogP contribution < -0.4 is 19.5 Å². The average molecular weight is 463 g/mol. The largest absolute Gasteiger partial charge is 0.497 e. The smallest absolute Gasteiger partial charge is 0.231 e. The highest BCUT2D eigenvalue weighted by Crippen LogP contribution is 2.52. The van der Waals surface area contributed by atoms with Gasteiger partial charge in [0.25, 0.3) is 0 Å². The molecular weight excluding hydrogens is 436 g/mol. The number of rotatable bonds is 7. The summed E-state index contributed by atoms with van der Waals surface area (Å²) in [6.45, 7) is 1.57. The van der Waals surface area contributed by atoms with E-state index in [0.717, 1.165) is 16.9 Å². The van der Waals surface area contributed by atoms with Gasteiger partial charge in [-0.2, -0.15) is 0 Å². The monoisotopic (exact) mass is 462 g/mol. The second-order valence-corrected chi connectivity index (χ2v) is 9.17. The molecule has 2 aromatic rings. The Morgan fingerprint density at radius 1 is 1.15 bits per heavy atom. The Morgan fingerprint density at radius 2 is 1.94 bits per heavy atom. The molecule has 1 spiro atoms. The van der Waals surface area contributed by atoms with Gasteiger partial charge in [0.2, 0.25) is 18.6 Å². The first-order valence-corrected chi connectivity index (χ1v) is 11.5. The number of nitrogens with one attached hydrogen (secondary N) is 1. The van der Waals surface area contributed by atoms with Crippen LogP contribution in [0.1, 0.15) is 11.1 Å². The van der Waals surface area contributed by atoms with Gasteiger partial charge in [-0.05, 0) is 41.8 Å². The van der Waals surface area contributed by atoms with Crippen molar-refractivity contribution < 1.29 is 28.5 Å². The Bertz CT molecular complexity index is 1160. The summed E-state index contributed by atoms with van der Waals surface area (Å²) in [5, 5.41) is 3.02. The number of fused-ring (bicyclic) bond motifs is 2. The molecule has 8 heteroatoms. The predicted molar refractivity (Wildman–Crippen MR) is 121 cm³/mol. The molecule has 0 saturated carbocycles. The van der Waals surface area contributed by atoms with Gasteiger partial charge >= 0.3 is 0 Å². The van der Waals surface area contributed by atoms with E-state index in [4.69, 9.17) is 18.9 Å². The molecule has 2 amide bonds. The van der Waals surface area contributed by atoms with Crippen molar-refractivity contribution in [2.24, 2.45) is 11.8 Å². The van der Waals surface area contributed by atoms with Crippen LogP contribution in [-0.2, 0) is 27.3 Å². The molecule has 4 heterocycles. The predicted octanol–water partition coefficient (Wildman–Crippen LogP) is 2.06. The molecule has 0 unspecified atom stereocenters. The summed E-state index contributed by atoms with van der Waals surface area (Å²) in [7, 11) is 1.63. The van der Waals surface area contributed by atoms with Crippen LogP contribution in [0.4, 0.5) is 0 Å². The van der Waals surface area contributed by atoms with E-state index < -0.39 is 17.4 Å². The molecule has 0 radical (unpaired) electrons. The minimum atomic E-state index is -0.726. The standard InChI is InChI=1S/C26H26N2O6/c1-31-18-5-2-16(3-6-18)9-11-27-24(29)22-20-8-10-26(34-20)14-28(25(30)23(22)26)13-17-4-7-19-21(12-17)33-15-32-19/h2-8,10,12,20,22-23H,9,11,13-15H2,1H3,(H,27,29)/t20-,22-,23+,26-/m0/s1. The van der Waals surface area contributed by atoms with Gasteiger partial charge in [-0.3, -0.25) is 9.59 Å². The Hall–Kier alpha value is -3.52. The first kappa shape index (κ1) is 21.0. The Balaban J connectivity index is 1.12. The molecule has 176 valence electrons. The first-order valence-electron chi connectivity index (χ1n) is 11.5. The molecule has 2 fully saturated rings. The molecule has 34 heavy (non-hydrogen) atoms. The van der Waals surface area contributed by atoms with E-state index >= 15 is 0 Å². The number of hydrogen-bond donors (Lipinski definition) is 1. The van der Waals surface area contributed by atoms with Crippen LogP contribution in [0.5, 0.6) is 17.2 Å². The highest BCUT2D eigenvalue weighted by Gasteiger charge is 2.66. The van der Waals surface area contributed by atoms with Gasteiger partial charge in [-0.1, -0.05) is 30.4 Å². The lowest BCUT2D eigenvalue weighted by Crippen LogP contribution is -2.44. The van der Waals surface area contributed by atoms with Crippen molar-refractivity contribution in [2.75, 3.05) is 27.0 Å². The number of methoxy groups -OCH3 is 1. The second kappa shape index (κ2) is 8.06. The van der Waals surface area contributed by atoms with E-state index in [1.54, 1.807) is 12.0 Å². The van der Waals surface area contributed by atoms with E-state index in [-0.39, 0.29) is 24.7 Å². The lowest BCUT2D eigenvalue weighted by atomic mass is 9.77. The third-order valence-corrected chi connectivity index (χ3v) is 7.16. The van der Waals surface area contributed by atoms with E-state index in [0.29, 0.717) is 37.6 Å². The number of ether oxygens (including phenoxy) is 4.